The summed E-state index contributed by atoms with van der Waals surface area (Å²) in [5.41, 5.74) is 0.618. The van der Waals surface area contributed by atoms with Crippen LogP contribution in [0.4, 0.5) is 14.9 Å². The number of rotatable bonds is 3. The Kier molecular flexibility index (Phi) is 3.70. The van der Waals surface area contributed by atoms with Gasteiger partial charge in [-0.3, -0.25) is 19.3 Å². The van der Waals surface area contributed by atoms with E-state index in [1.807, 2.05) is 0 Å². The van der Waals surface area contributed by atoms with Crippen LogP contribution in [0.15, 0.2) is 18.2 Å². The average Bonchev–Trinajstić information content (AvgIpc) is 2.60. The van der Waals surface area contributed by atoms with Crippen LogP contribution in [0, 0.1) is 12.7 Å². The van der Waals surface area contributed by atoms with Crippen molar-refractivity contribution < 1.29 is 23.6 Å². The highest BCUT2D eigenvalue weighted by atomic mass is 19.1. The van der Waals surface area contributed by atoms with Crippen LogP contribution in [-0.2, 0) is 14.4 Å². The molecule has 21 heavy (non-hydrogen) atoms. The molecule has 1 fully saturated rings. The summed E-state index contributed by atoms with van der Waals surface area (Å²) >= 11 is 0. The van der Waals surface area contributed by atoms with Crippen molar-refractivity contribution >= 4 is 29.4 Å². The number of hydrogen-bond acceptors (Lipinski definition) is 4. The van der Waals surface area contributed by atoms with Crippen LogP contribution >= 0.6 is 0 Å². The summed E-state index contributed by atoms with van der Waals surface area (Å²) in [6, 6.07) is 3.32. The van der Waals surface area contributed by atoms with Gasteiger partial charge in [0.1, 0.15) is 12.4 Å². The van der Waals surface area contributed by atoms with E-state index < -0.39 is 36.1 Å². The summed E-state index contributed by atoms with van der Waals surface area (Å²) in [4.78, 5) is 47.2. The monoisotopic (exact) mass is 293 g/mol. The third-order valence-corrected chi connectivity index (χ3v) is 2.95. The molecular formula is C13H12FN3O4. The third kappa shape index (κ3) is 2.73. The van der Waals surface area contributed by atoms with Gasteiger partial charge >= 0.3 is 17.8 Å². The van der Waals surface area contributed by atoms with E-state index in [1.165, 1.54) is 12.1 Å². The second-order valence-electron chi connectivity index (χ2n) is 4.57. The molecule has 1 aromatic rings. The first-order chi connectivity index (χ1) is 9.81. The highest BCUT2D eigenvalue weighted by Gasteiger charge is 2.42. The number of likely N-dealkylation sites (N-methyl/N-ethyl adjacent to an activating group) is 1. The lowest BCUT2D eigenvalue weighted by atomic mass is 10.2. The van der Waals surface area contributed by atoms with Gasteiger partial charge in [0.15, 0.2) is 0 Å². The molecule has 2 rings (SSSR count). The van der Waals surface area contributed by atoms with Crippen LogP contribution in [0.1, 0.15) is 5.56 Å². The van der Waals surface area contributed by atoms with E-state index in [-0.39, 0.29) is 5.69 Å². The minimum absolute atomic E-state index is 0.0654. The second kappa shape index (κ2) is 5.31. The zero-order chi connectivity index (χ0) is 15.7. The third-order valence-electron chi connectivity index (χ3n) is 2.95. The van der Waals surface area contributed by atoms with Crippen LogP contribution in [0.5, 0.6) is 0 Å². The quantitative estimate of drug-likeness (QED) is 0.649. The van der Waals surface area contributed by atoms with Gasteiger partial charge in [-0.25, -0.2) is 14.1 Å². The van der Waals surface area contributed by atoms with E-state index in [4.69, 9.17) is 0 Å². The van der Waals surface area contributed by atoms with Crippen LogP contribution < -0.4 is 5.32 Å². The zero-order valence-corrected chi connectivity index (χ0v) is 11.3. The number of aryl methyl sites for hydroxylation is 1. The molecule has 1 aliphatic heterocycles. The number of carbonyl (C=O) groups excluding carboxylic acids is 4. The van der Waals surface area contributed by atoms with Crippen molar-refractivity contribution in [1.29, 1.82) is 0 Å². The zero-order valence-electron chi connectivity index (χ0n) is 11.3. The standard InChI is InChI=1S/C13H12FN3O4/c1-7-3-4-9(8(14)5-7)15-10(18)6-17-12(20)11(19)16(2)13(17)21/h3-5H,6H2,1-2H3,(H,15,18). The molecule has 1 aromatic carbocycles. The molecule has 0 aliphatic carbocycles. The number of anilines is 1. The second-order valence-corrected chi connectivity index (χ2v) is 4.57. The lowest BCUT2D eigenvalue weighted by Gasteiger charge is -2.13. The fourth-order valence-corrected chi connectivity index (χ4v) is 1.81. The predicted molar refractivity (Wildman–Crippen MR) is 69.6 cm³/mol. The van der Waals surface area contributed by atoms with Crippen LogP contribution in [0.2, 0.25) is 0 Å². The molecule has 0 saturated carbocycles. The van der Waals surface area contributed by atoms with Crippen LogP contribution in [0.3, 0.4) is 0 Å². The molecular weight excluding hydrogens is 281 g/mol. The van der Waals surface area contributed by atoms with Crippen molar-refractivity contribution in [3.63, 3.8) is 0 Å². The van der Waals surface area contributed by atoms with E-state index in [2.05, 4.69) is 5.32 Å². The molecule has 7 nitrogen and oxygen atoms in total. The first kappa shape index (κ1) is 14.6. The number of urea groups is 1. The SMILES string of the molecule is Cc1ccc(NC(=O)CN2C(=O)C(=O)N(C)C2=O)c(F)c1. The largest absolute Gasteiger partial charge is 0.334 e. The average molecular weight is 293 g/mol. The fourth-order valence-electron chi connectivity index (χ4n) is 1.81. The summed E-state index contributed by atoms with van der Waals surface area (Å²) in [7, 11) is 1.14. The lowest BCUT2D eigenvalue weighted by Crippen LogP contribution is -2.38. The van der Waals surface area contributed by atoms with E-state index in [9.17, 15) is 23.6 Å². The van der Waals surface area contributed by atoms with Gasteiger partial charge < -0.3 is 5.32 Å². The van der Waals surface area contributed by atoms with Crippen molar-refractivity contribution in [1.82, 2.24) is 9.80 Å². The maximum absolute atomic E-state index is 13.6. The summed E-state index contributed by atoms with van der Waals surface area (Å²) in [5, 5.41) is 2.25. The Labute approximate surface area is 119 Å². The normalized spacial score (nSPS) is 14.9. The van der Waals surface area contributed by atoms with E-state index >= 15 is 0 Å². The van der Waals surface area contributed by atoms with Gasteiger partial charge in [-0.15, -0.1) is 0 Å². The van der Waals surface area contributed by atoms with Crippen LogP contribution in [-0.4, -0.2) is 47.1 Å². The van der Waals surface area contributed by atoms with Gasteiger partial charge in [0.05, 0.1) is 5.69 Å². The van der Waals surface area contributed by atoms with Gasteiger partial charge in [0.2, 0.25) is 5.91 Å². The number of nitrogens with one attached hydrogen (secondary N) is 1. The Bertz CT molecular complexity index is 659. The number of benzene rings is 1. The van der Waals surface area contributed by atoms with Gasteiger partial charge in [-0.05, 0) is 24.6 Å². The smallest absolute Gasteiger partial charge is 0.322 e. The molecule has 1 heterocycles. The first-order valence-corrected chi connectivity index (χ1v) is 6.00. The summed E-state index contributed by atoms with van der Waals surface area (Å²) in [6.07, 6.45) is 0. The van der Waals surface area contributed by atoms with Gasteiger partial charge in [0, 0.05) is 7.05 Å². The summed E-state index contributed by atoms with van der Waals surface area (Å²) in [6.45, 7) is 1.04. The maximum atomic E-state index is 13.6. The molecule has 1 N–H and O–H groups in total. The van der Waals surface area contributed by atoms with Gasteiger partial charge in [-0.2, -0.15) is 0 Å². The summed E-state index contributed by atoms with van der Waals surface area (Å²) in [5.74, 6) is -3.49. The summed E-state index contributed by atoms with van der Waals surface area (Å²) < 4.78 is 13.6. The molecule has 0 spiro atoms. The van der Waals surface area contributed by atoms with Crippen molar-refractivity contribution in [3.05, 3.63) is 29.6 Å². The Morgan fingerprint density at radius 2 is 1.90 bits per heavy atom. The molecule has 0 bridgehead atoms. The first-order valence-electron chi connectivity index (χ1n) is 6.00. The highest BCUT2D eigenvalue weighted by Crippen LogP contribution is 2.16. The van der Waals surface area contributed by atoms with E-state index in [0.717, 1.165) is 7.05 Å². The molecule has 8 heteroatoms. The number of carbonyl (C=O) groups is 4. The van der Waals surface area contributed by atoms with Gasteiger partial charge in [-0.1, -0.05) is 6.07 Å². The lowest BCUT2D eigenvalue weighted by molar-refractivity contribution is -0.143. The molecule has 5 amide bonds. The number of halogens is 1. The Balaban J connectivity index is 2.07. The molecule has 0 radical (unpaired) electrons. The van der Waals surface area contributed by atoms with Crippen molar-refractivity contribution in [2.75, 3.05) is 18.9 Å². The van der Waals surface area contributed by atoms with E-state index in [0.29, 0.717) is 15.4 Å². The predicted octanol–water partition coefficient (Wildman–Crippen LogP) is 0.493. The van der Waals surface area contributed by atoms with Gasteiger partial charge in [0.25, 0.3) is 0 Å². The van der Waals surface area contributed by atoms with E-state index in [1.54, 1.807) is 13.0 Å². The Morgan fingerprint density at radius 1 is 1.24 bits per heavy atom. The highest BCUT2D eigenvalue weighted by molar-refractivity contribution is 6.44. The maximum Gasteiger partial charge on any atom is 0.334 e. The Hall–Kier alpha value is -2.77. The molecule has 1 saturated heterocycles. The number of nitrogens with zero attached hydrogens (tertiary/aromatic N) is 2. The molecule has 1 aliphatic rings. The number of hydrogen-bond donors (Lipinski definition) is 1. The fraction of sp³-hybridized carbons (Fsp3) is 0.231. The molecule has 0 aromatic heterocycles. The van der Waals surface area contributed by atoms with Crippen LogP contribution in [0.25, 0.3) is 0 Å². The number of imide groups is 2. The number of amides is 5. The van der Waals surface area contributed by atoms with Crippen molar-refractivity contribution in [2.45, 2.75) is 6.92 Å². The topological polar surface area (TPSA) is 86.8 Å². The molecule has 110 valence electrons. The minimum atomic E-state index is -1.08. The van der Waals surface area contributed by atoms with Crippen molar-refractivity contribution in [3.8, 4) is 0 Å². The van der Waals surface area contributed by atoms with Crippen molar-refractivity contribution in [2.24, 2.45) is 0 Å². The molecule has 0 atom stereocenters. The Morgan fingerprint density at radius 3 is 2.43 bits per heavy atom. The minimum Gasteiger partial charge on any atom is -0.322 e. The molecule has 0 unspecified atom stereocenters.